The van der Waals surface area contributed by atoms with Gasteiger partial charge in [0, 0.05) is 12.8 Å². The van der Waals surface area contributed by atoms with Crippen LogP contribution in [0.15, 0.2) is 0 Å². The molecule has 12 heteroatoms. The van der Waals surface area contributed by atoms with Crippen LogP contribution in [0.4, 0.5) is 0 Å². The number of carboxylic acids is 1. The number of esters is 2. The summed E-state index contributed by atoms with van der Waals surface area (Å²) in [7, 11) is -4.70. The topological polar surface area (TPSA) is 172 Å². The van der Waals surface area contributed by atoms with Crippen molar-refractivity contribution in [2.45, 2.75) is 193 Å². The standard InChI is InChI=1S/C36H70NO10P/c1-3-5-7-9-11-13-15-17-19-21-23-25-27-34(38)44-29-32(30-45-48(42,43)46-31-33(37)36(40)41)47-35(39)28-26-24-22-20-18-16-14-12-10-8-6-4-2/h32-33H,3-31,37H2,1-2H3,(H,40,41)(H,42,43)/t32?,33-/m0/s1. The van der Waals surface area contributed by atoms with Crippen molar-refractivity contribution >= 4 is 25.7 Å². The normalized spacial score (nSPS) is 13.9. The second kappa shape index (κ2) is 32.7. The molecule has 0 aliphatic rings. The number of carbonyl (C=O) groups is 3. The molecule has 2 unspecified atom stereocenters. The van der Waals surface area contributed by atoms with Gasteiger partial charge < -0.3 is 25.2 Å². The quantitative estimate of drug-likeness (QED) is 0.0322. The second-order valence-electron chi connectivity index (χ2n) is 13.1. The highest BCUT2D eigenvalue weighted by Crippen LogP contribution is 2.43. The van der Waals surface area contributed by atoms with Gasteiger partial charge in [-0.25, -0.2) is 4.57 Å². The number of carbonyl (C=O) groups excluding carboxylic acids is 2. The number of rotatable bonds is 36. The molecule has 284 valence electrons. The van der Waals surface area contributed by atoms with Gasteiger partial charge in [0.2, 0.25) is 0 Å². The van der Waals surface area contributed by atoms with E-state index < -0.39 is 51.1 Å². The van der Waals surface area contributed by atoms with Crippen LogP contribution in [-0.4, -0.2) is 59.9 Å². The van der Waals surface area contributed by atoms with Crippen LogP contribution in [0.2, 0.25) is 0 Å². The summed E-state index contributed by atoms with van der Waals surface area (Å²) in [6.45, 7) is 2.79. The van der Waals surface area contributed by atoms with Crippen molar-refractivity contribution in [1.82, 2.24) is 0 Å². The highest BCUT2D eigenvalue weighted by molar-refractivity contribution is 7.47. The van der Waals surface area contributed by atoms with Crippen molar-refractivity contribution in [3.8, 4) is 0 Å². The number of phosphoric ester groups is 1. The second-order valence-corrected chi connectivity index (χ2v) is 14.5. The van der Waals surface area contributed by atoms with Gasteiger partial charge in [-0.1, -0.05) is 155 Å². The van der Waals surface area contributed by atoms with E-state index in [4.69, 9.17) is 24.8 Å². The largest absolute Gasteiger partial charge is 0.480 e. The number of nitrogens with two attached hydrogens (primary N) is 1. The van der Waals surface area contributed by atoms with Crippen molar-refractivity contribution in [3.05, 3.63) is 0 Å². The molecule has 48 heavy (non-hydrogen) atoms. The highest BCUT2D eigenvalue weighted by Gasteiger charge is 2.28. The van der Waals surface area contributed by atoms with Crippen molar-refractivity contribution in [1.29, 1.82) is 0 Å². The van der Waals surface area contributed by atoms with Gasteiger partial charge in [0.05, 0.1) is 13.2 Å². The molecule has 0 radical (unpaired) electrons. The maximum atomic E-state index is 12.5. The smallest absolute Gasteiger partial charge is 0.472 e. The zero-order chi connectivity index (χ0) is 35.7. The Kier molecular flexibility index (Phi) is 31.6. The molecule has 0 fully saturated rings. The SMILES string of the molecule is CCCCCCCCCCCCCCC(=O)OCC(COP(=O)(O)OC[C@H](N)C(=O)O)OC(=O)CCCCCCCCCCCCCC. The van der Waals surface area contributed by atoms with Crippen LogP contribution < -0.4 is 5.73 Å². The molecule has 0 aromatic rings. The van der Waals surface area contributed by atoms with Gasteiger partial charge in [0.25, 0.3) is 0 Å². The minimum atomic E-state index is -4.70. The van der Waals surface area contributed by atoms with Gasteiger partial charge in [-0.15, -0.1) is 0 Å². The molecule has 0 rings (SSSR count). The Morgan fingerprint density at radius 1 is 0.562 bits per heavy atom. The van der Waals surface area contributed by atoms with Gasteiger partial charge in [-0.05, 0) is 12.8 Å². The Morgan fingerprint density at radius 2 is 0.917 bits per heavy atom. The van der Waals surface area contributed by atoms with Crippen molar-refractivity contribution < 1.29 is 47.5 Å². The summed E-state index contributed by atoms with van der Waals surface area (Å²) in [5, 5.41) is 8.85. The molecule has 0 aliphatic carbocycles. The fraction of sp³-hybridized carbons (Fsp3) is 0.917. The zero-order valence-corrected chi connectivity index (χ0v) is 31.2. The Hall–Kier alpha value is -1.52. The maximum Gasteiger partial charge on any atom is 0.472 e. The predicted octanol–water partition coefficient (Wildman–Crippen LogP) is 9.17. The maximum absolute atomic E-state index is 12.5. The summed E-state index contributed by atoms with van der Waals surface area (Å²) >= 11 is 0. The van der Waals surface area contributed by atoms with E-state index >= 15 is 0 Å². The van der Waals surface area contributed by atoms with Crippen LogP contribution in [0.1, 0.15) is 181 Å². The number of ether oxygens (including phenoxy) is 2. The number of phosphoric acid groups is 1. The summed E-state index contributed by atoms with van der Waals surface area (Å²) in [5.41, 5.74) is 5.31. The number of aliphatic carboxylic acids is 1. The molecule has 0 aliphatic heterocycles. The highest BCUT2D eigenvalue weighted by atomic mass is 31.2. The number of carboxylic acid groups (broad SMARTS) is 1. The minimum Gasteiger partial charge on any atom is -0.480 e. The van der Waals surface area contributed by atoms with Gasteiger partial charge in [-0.3, -0.25) is 23.4 Å². The fourth-order valence-corrected chi connectivity index (χ4v) is 6.08. The van der Waals surface area contributed by atoms with E-state index in [1.807, 2.05) is 0 Å². The Bertz CT molecular complexity index is 844. The van der Waals surface area contributed by atoms with Gasteiger partial charge in [0.1, 0.15) is 12.6 Å². The third-order valence-corrected chi connectivity index (χ3v) is 9.31. The average molecular weight is 708 g/mol. The molecule has 11 nitrogen and oxygen atoms in total. The molecule has 0 bridgehead atoms. The lowest BCUT2D eigenvalue weighted by atomic mass is 10.0. The van der Waals surface area contributed by atoms with Crippen LogP contribution in [0.5, 0.6) is 0 Å². The molecular weight excluding hydrogens is 637 g/mol. The first-order chi connectivity index (χ1) is 23.1. The fourth-order valence-electron chi connectivity index (χ4n) is 5.30. The third-order valence-electron chi connectivity index (χ3n) is 8.36. The van der Waals surface area contributed by atoms with Gasteiger partial charge in [0.15, 0.2) is 6.10 Å². The first-order valence-corrected chi connectivity index (χ1v) is 20.6. The first kappa shape index (κ1) is 46.5. The predicted molar refractivity (Wildman–Crippen MR) is 190 cm³/mol. The third kappa shape index (κ3) is 31.7. The molecule has 0 saturated carbocycles. The lowest BCUT2D eigenvalue weighted by Crippen LogP contribution is -2.34. The Balaban J connectivity index is 4.42. The number of hydrogen-bond donors (Lipinski definition) is 3. The van der Waals surface area contributed by atoms with Crippen molar-refractivity contribution in [2.24, 2.45) is 5.73 Å². The van der Waals surface area contributed by atoms with E-state index in [9.17, 15) is 23.8 Å². The van der Waals surface area contributed by atoms with Crippen molar-refractivity contribution in [3.63, 3.8) is 0 Å². The average Bonchev–Trinajstić information content (AvgIpc) is 3.05. The molecule has 0 amide bonds. The molecule has 3 atom stereocenters. The summed E-state index contributed by atoms with van der Waals surface area (Å²) in [6.07, 6.45) is 27.4. The minimum absolute atomic E-state index is 0.168. The molecule has 0 saturated heterocycles. The van der Waals surface area contributed by atoms with Crippen LogP contribution in [0.3, 0.4) is 0 Å². The van der Waals surface area contributed by atoms with Crippen LogP contribution in [0.25, 0.3) is 0 Å². The lowest BCUT2D eigenvalue weighted by Gasteiger charge is -2.20. The van der Waals surface area contributed by atoms with Crippen LogP contribution >= 0.6 is 7.82 Å². The van der Waals surface area contributed by atoms with E-state index in [-0.39, 0.29) is 19.4 Å². The van der Waals surface area contributed by atoms with Gasteiger partial charge >= 0.3 is 25.7 Å². The van der Waals surface area contributed by atoms with E-state index in [1.165, 1.54) is 103 Å². The lowest BCUT2D eigenvalue weighted by molar-refractivity contribution is -0.161. The summed E-state index contributed by atoms with van der Waals surface area (Å²) in [6, 6.07) is -1.51. The van der Waals surface area contributed by atoms with E-state index in [0.29, 0.717) is 12.8 Å². The summed E-state index contributed by atoms with van der Waals surface area (Å²) in [5.74, 6) is -2.37. The number of unbranched alkanes of at least 4 members (excludes halogenated alkanes) is 22. The molecular formula is C36H70NO10P. The monoisotopic (exact) mass is 707 g/mol. The van der Waals surface area contributed by atoms with E-state index in [2.05, 4.69) is 18.4 Å². The number of hydrogen-bond acceptors (Lipinski definition) is 9. The Labute approximate surface area is 291 Å². The molecule has 0 aromatic heterocycles. The molecule has 4 N–H and O–H groups in total. The van der Waals surface area contributed by atoms with Crippen LogP contribution in [0, 0.1) is 0 Å². The van der Waals surface area contributed by atoms with Crippen molar-refractivity contribution in [2.75, 3.05) is 19.8 Å². The van der Waals surface area contributed by atoms with Gasteiger partial charge in [-0.2, -0.15) is 0 Å². The molecule has 0 aromatic carbocycles. The summed E-state index contributed by atoms with van der Waals surface area (Å²) in [4.78, 5) is 45.7. The van der Waals surface area contributed by atoms with E-state index in [0.717, 1.165) is 38.5 Å². The molecule has 0 spiro atoms. The summed E-state index contributed by atoms with van der Waals surface area (Å²) < 4.78 is 32.5. The molecule has 0 heterocycles. The van der Waals surface area contributed by atoms with E-state index in [1.54, 1.807) is 0 Å². The zero-order valence-electron chi connectivity index (χ0n) is 30.3. The Morgan fingerprint density at radius 3 is 1.31 bits per heavy atom. The first-order valence-electron chi connectivity index (χ1n) is 19.1. The van der Waals surface area contributed by atoms with Crippen LogP contribution in [-0.2, 0) is 37.5 Å².